The van der Waals surface area contributed by atoms with Crippen LogP contribution in [0, 0.1) is 11.6 Å². The lowest BCUT2D eigenvalue weighted by atomic mass is 10.2. The van der Waals surface area contributed by atoms with Crippen molar-refractivity contribution in [2.75, 3.05) is 5.73 Å². The molecule has 8 heteroatoms. The minimum Gasteiger partial charge on any atom is -0.399 e. The fraction of sp³-hybridized carbons (Fsp3) is 0.0769. The number of sulfonamides is 1. The molecule has 2 rings (SSSR count). The van der Waals surface area contributed by atoms with Crippen molar-refractivity contribution in [1.29, 1.82) is 0 Å². The van der Waals surface area contributed by atoms with Gasteiger partial charge in [0.1, 0.15) is 4.90 Å². The summed E-state index contributed by atoms with van der Waals surface area (Å²) in [4.78, 5) is -0.813. The largest absolute Gasteiger partial charge is 0.399 e. The molecule has 0 aliphatic rings. The van der Waals surface area contributed by atoms with Crippen LogP contribution in [0.2, 0.25) is 0 Å². The molecule has 0 heterocycles. The van der Waals surface area contributed by atoms with E-state index in [4.69, 9.17) is 5.73 Å². The van der Waals surface area contributed by atoms with E-state index in [-0.39, 0.29) is 12.2 Å². The summed E-state index contributed by atoms with van der Waals surface area (Å²) in [7, 11) is -4.22. The predicted octanol–water partition coefficient (Wildman–Crippen LogP) is 2.79. The number of anilines is 1. The van der Waals surface area contributed by atoms with Crippen LogP contribution in [0.1, 0.15) is 5.56 Å². The van der Waals surface area contributed by atoms with Gasteiger partial charge in [0, 0.05) is 16.7 Å². The van der Waals surface area contributed by atoms with Crippen molar-refractivity contribution in [2.24, 2.45) is 0 Å². The maximum absolute atomic E-state index is 13.6. The number of nitrogens with one attached hydrogen (secondary N) is 1. The van der Waals surface area contributed by atoms with Crippen LogP contribution in [-0.4, -0.2) is 8.42 Å². The molecule has 2 aromatic carbocycles. The summed E-state index contributed by atoms with van der Waals surface area (Å²) in [5.41, 5.74) is 5.84. The number of halogens is 3. The number of rotatable bonds is 4. The molecule has 0 saturated carbocycles. The van der Waals surface area contributed by atoms with Gasteiger partial charge in [0.05, 0.1) is 0 Å². The Morgan fingerprint density at radius 3 is 2.52 bits per heavy atom. The van der Waals surface area contributed by atoms with Gasteiger partial charge < -0.3 is 5.73 Å². The monoisotopic (exact) mass is 376 g/mol. The second kappa shape index (κ2) is 6.08. The fourth-order valence-electron chi connectivity index (χ4n) is 1.67. The zero-order valence-corrected chi connectivity index (χ0v) is 13.0. The SMILES string of the molecule is Nc1cc(F)c(F)c(S(=O)(=O)NCc2ccccc2Br)c1. The predicted molar refractivity (Wildman–Crippen MR) is 78.9 cm³/mol. The summed E-state index contributed by atoms with van der Waals surface area (Å²) < 4.78 is 53.9. The molecule has 0 atom stereocenters. The third-order valence-electron chi connectivity index (χ3n) is 2.72. The van der Waals surface area contributed by atoms with Crippen LogP contribution in [0.4, 0.5) is 14.5 Å². The van der Waals surface area contributed by atoms with Crippen molar-refractivity contribution in [3.63, 3.8) is 0 Å². The number of nitrogens with two attached hydrogens (primary N) is 1. The fourth-order valence-corrected chi connectivity index (χ4v) is 3.22. The first-order valence-corrected chi connectivity index (χ1v) is 8.06. The Morgan fingerprint density at radius 2 is 1.86 bits per heavy atom. The van der Waals surface area contributed by atoms with Crippen LogP contribution in [0.25, 0.3) is 0 Å². The van der Waals surface area contributed by atoms with Gasteiger partial charge in [-0.3, -0.25) is 0 Å². The molecular formula is C13H11BrF2N2O2S. The third-order valence-corrected chi connectivity index (χ3v) is 4.89. The first kappa shape index (κ1) is 15.9. The Balaban J connectivity index is 2.30. The van der Waals surface area contributed by atoms with Crippen LogP contribution in [0.5, 0.6) is 0 Å². The molecule has 3 N–H and O–H groups in total. The molecule has 0 unspecified atom stereocenters. The second-order valence-corrected chi connectivity index (χ2v) is 6.82. The summed E-state index contributed by atoms with van der Waals surface area (Å²) >= 11 is 3.27. The van der Waals surface area contributed by atoms with Crippen LogP contribution < -0.4 is 10.5 Å². The molecule has 21 heavy (non-hydrogen) atoms. The van der Waals surface area contributed by atoms with Gasteiger partial charge in [-0.25, -0.2) is 21.9 Å². The van der Waals surface area contributed by atoms with Crippen molar-refractivity contribution in [3.05, 3.63) is 58.1 Å². The molecule has 0 spiro atoms. The maximum atomic E-state index is 13.6. The number of nitrogen functional groups attached to an aromatic ring is 1. The molecule has 4 nitrogen and oxygen atoms in total. The Labute approximate surface area is 129 Å². The van der Waals surface area contributed by atoms with Gasteiger partial charge in [-0.2, -0.15) is 0 Å². The van der Waals surface area contributed by atoms with E-state index in [0.717, 1.165) is 12.1 Å². The summed E-state index contributed by atoms with van der Waals surface area (Å²) in [6, 6.07) is 8.54. The number of benzene rings is 2. The Kier molecular flexibility index (Phi) is 4.60. The highest BCUT2D eigenvalue weighted by atomic mass is 79.9. The lowest BCUT2D eigenvalue weighted by molar-refractivity contribution is 0.484. The second-order valence-electron chi connectivity index (χ2n) is 4.23. The van der Waals surface area contributed by atoms with E-state index in [0.29, 0.717) is 10.0 Å². The minimum absolute atomic E-state index is 0.0698. The molecule has 0 radical (unpaired) electrons. The van der Waals surface area contributed by atoms with Crippen molar-refractivity contribution in [2.45, 2.75) is 11.4 Å². The molecule has 0 saturated heterocycles. The quantitative estimate of drug-likeness (QED) is 0.805. The Hall–Kier alpha value is -1.51. The highest BCUT2D eigenvalue weighted by Crippen LogP contribution is 2.22. The maximum Gasteiger partial charge on any atom is 0.243 e. The molecule has 112 valence electrons. The average Bonchev–Trinajstić information content (AvgIpc) is 2.42. The summed E-state index contributed by atoms with van der Waals surface area (Å²) in [6.07, 6.45) is 0. The minimum atomic E-state index is -4.22. The van der Waals surface area contributed by atoms with E-state index in [1.807, 2.05) is 0 Å². The Bertz CT molecular complexity index is 782. The normalized spacial score (nSPS) is 11.6. The van der Waals surface area contributed by atoms with E-state index >= 15 is 0 Å². The van der Waals surface area contributed by atoms with Crippen molar-refractivity contribution < 1.29 is 17.2 Å². The van der Waals surface area contributed by atoms with Crippen molar-refractivity contribution in [1.82, 2.24) is 4.72 Å². The summed E-state index contributed by atoms with van der Waals surface area (Å²) in [6.45, 7) is -0.0698. The number of hydrogen-bond donors (Lipinski definition) is 2. The first-order valence-electron chi connectivity index (χ1n) is 5.79. The lowest BCUT2D eigenvalue weighted by Crippen LogP contribution is -2.25. The third kappa shape index (κ3) is 3.58. The van der Waals surface area contributed by atoms with E-state index in [2.05, 4.69) is 20.7 Å². The topological polar surface area (TPSA) is 72.2 Å². The van der Waals surface area contributed by atoms with Gasteiger partial charge in [0.15, 0.2) is 11.6 Å². The van der Waals surface area contributed by atoms with E-state index < -0.39 is 26.6 Å². The molecule has 0 amide bonds. The first-order chi connectivity index (χ1) is 9.81. The molecule has 0 aromatic heterocycles. The van der Waals surface area contributed by atoms with Crippen LogP contribution in [-0.2, 0) is 16.6 Å². The molecule has 0 aliphatic carbocycles. The van der Waals surface area contributed by atoms with Crippen LogP contribution in [0.15, 0.2) is 45.8 Å². The van der Waals surface area contributed by atoms with E-state index in [1.54, 1.807) is 24.3 Å². The highest BCUT2D eigenvalue weighted by molar-refractivity contribution is 9.10. The highest BCUT2D eigenvalue weighted by Gasteiger charge is 2.22. The molecule has 0 fully saturated rings. The van der Waals surface area contributed by atoms with Gasteiger partial charge in [-0.05, 0) is 23.8 Å². The van der Waals surface area contributed by atoms with Crippen LogP contribution in [0.3, 0.4) is 0 Å². The van der Waals surface area contributed by atoms with Gasteiger partial charge in [0.25, 0.3) is 0 Å². The van der Waals surface area contributed by atoms with Gasteiger partial charge in [-0.15, -0.1) is 0 Å². The standard InChI is InChI=1S/C13H11BrF2N2O2S/c14-10-4-2-1-3-8(10)7-18-21(19,20)12-6-9(17)5-11(15)13(12)16/h1-6,18H,7,17H2. The molecule has 0 aliphatic heterocycles. The average molecular weight is 377 g/mol. The summed E-state index contributed by atoms with van der Waals surface area (Å²) in [5.74, 6) is -2.76. The zero-order chi connectivity index (χ0) is 15.6. The Morgan fingerprint density at radius 1 is 1.19 bits per heavy atom. The van der Waals surface area contributed by atoms with Gasteiger partial charge in [0.2, 0.25) is 10.0 Å². The van der Waals surface area contributed by atoms with Crippen LogP contribution >= 0.6 is 15.9 Å². The molecular weight excluding hydrogens is 366 g/mol. The van der Waals surface area contributed by atoms with E-state index in [9.17, 15) is 17.2 Å². The lowest BCUT2D eigenvalue weighted by Gasteiger charge is -2.10. The molecule has 0 bridgehead atoms. The smallest absolute Gasteiger partial charge is 0.243 e. The van der Waals surface area contributed by atoms with Crippen molar-refractivity contribution in [3.8, 4) is 0 Å². The van der Waals surface area contributed by atoms with Crippen molar-refractivity contribution >= 4 is 31.6 Å². The van der Waals surface area contributed by atoms with Gasteiger partial charge in [-0.1, -0.05) is 34.1 Å². The zero-order valence-electron chi connectivity index (χ0n) is 10.6. The van der Waals surface area contributed by atoms with Gasteiger partial charge >= 0.3 is 0 Å². The van der Waals surface area contributed by atoms with E-state index in [1.165, 1.54) is 0 Å². The summed E-state index contributed by atoms with van der Waals surface area (Å²) in [5, 5.41) is 0. The number of hydrogen-bond acceptors (Lipinski definition) is 3. The molecule has 2 aromatic rings.